The molecule has 24 heavy (non-hydrogen) atoms. The highest BCUT2D eigenvalue weighted by atomic mass is 16.2. The number of nitrogens with zero attached hydrogens (tertiary/aromatic N) is 2. The minimum Gasteiger partial charge on any atom is -0.335 e. The number of carbonyl (C=O) groups excluding carboxylic acids is 1. The van der Waals surface area contributed by atoms with Crippen molar-refractivity contribution in [2.45, 2.75) is 57.5 Å². The molecule has 1 aromatic heterocycles. The third kappa shape index (κ3) is 5.48. The molecule has 0 unspecified atom stereocenters. The van der Waals surface area contributed by atoms with Gasteiger partial charge in [-0.15, -0.1) is 0 Å². The van der Waals surface area contributed by atoms with Crippen molar-refractivity contribution in [2.24, 2.45) is 5.92 Å². The zero-order chi connectivity index (χ0) is 16.6. The van der Waals surface area contributed by atoms with Crippen molar-refractivity contribution in [1.29, 1.82) is 0 Å². The topological polar surface area (TPSA) is 57.3 Å². The van der Waals surface area contributed by atoms with Crippen LogP contribution in [0.25, 0.3) is 0 Å². The van der Waals surface area contributed by atoms with E-state index in [1.165, 1.54) is 38.6 Å². The van der Waals surface area contributed by atoms with Crippen LogP contribution in [0.4, 0.5) is 4.79 Å². The first kappa shape index (κ1) is 17.2. The Morgan fingerprint density at radius 1 is 1.12 bits per heavy atom. The van der Waals surface area contributed by atoms with E-state index >= 15 is 0 Å². The Balaban J connectivity index is 1.32. The first-order valence-electron chi connectivity index (χ1n) is 9.46. The van der Waals surface area contributed by atoms with E-state index in [2.05, 4.69) is 20.5 Å². The average molecular weight is 330 g/mol. The smallest absolute Gasteiger partial charge is 0.315 e. The number of piperidine rings is 1. The van der Waals surface area contributed by atoms with Crippen molar-refractivity contribution < 1.29 is 4.79 Å². The number of amides is 2. The van der Waals surface area contributed by atoms with Crippen LogP contribution in [0.15, 0.2) is 24.4 Å². The molecule has 1 aliphatic heterocycles. The van der Waals surface area contributed by atoms with E-state index in [0.29, 0.717) is 12.6 Å². The summed E-state index contributed by atoms with van der Waals surface area (Å²) in [5.74, 6) is 0.907. The van der Waals surface area contributed by atoms with Crippen molar-refractivity contribution in [1.82, 2.24) is 20.5 Å². The number of hydrogen-bond acceptors (Lipinski definition) is 3. The molecular formula is C19H30N4O. The predicted molar refractivity (Wildman–Crippen MR) is 95.6 cm³/mol. The van der Waals surface area contributed by atoms with Crippen molar-refractivity contribution >= 4 is 6.03 Å². The van der Waals surface area contributed by atoms with Crippen LogP contribution in [0.2, 0.25) is 0 Å². The van der Waals surface area contributed by atoms with E-state index in [1.807, 2.05) is 18.2 Å². The molecule has 0 bridgehead atoms. The van der Waals surface area contributed by atoms with Crippen LogP contribution in [0.3, 0.4) is 0 Å². The molecule has 1 saturated heterocycles. The SMILES string of the molecule is O=C(NCc1ccccn1)NC1CCN(CC2CCCCC2)CC1. The molecule has 0 radical (unpaired) electrons. The van der Waals surface area contributed by atoms with Crippen LogP contribution in [-0.2, 0) is 6.54 Å². The molecule has 2 N–H and O–H groups in total. The van der Waals surface area contributed by atoms with Gasteiger partial charge in [0.25, 0.3) is 0 Å². The molecule has 2 aliphatic rings. The summed E-state index contributed by atoms with van der Waals surface area (Å²) in [4.78, 5) is 18.8. The Kier molecular flexibility index (Phi) is 6.47. The molecule has 1 aromatic rings. The maximum absolute atomic E-state index is 12.0. The van der Waals surface area contributed by atoms with Gasteiger partial charge in [0.05, 0.1) is 12.2 Å². The minimum absolute atomic E-state index is 0.0774. The normalized spacial score (nSPS) is 20.7. The molecular weight excluding hydrogens is 300 g/mol. The first-order chi connectivity index (χ1) is 11.8. The second-order valence-corrected chi connectivity index (χ2v) is 7.23. The lowest BCUT2D eigenvalue weighted by atomic mass is 9.88. The van der Waals surface area contributed by atoms with E-state index in [-0.39, 0.29) is 6.03 Å². The van der Waals surface area contributed by atoms with Gasteiger partial charge >= 0.3 is 6.03 Å². The molecule has 0 spiro atoms. The number of pyridine rings is 1. The molecule has 1 aliphatic carbocycles. The van der Waals surface area contributed by atoms with Gasteiger partial charge in [0, 0.05) is 31.9 Å². The summed E-state index contributed by atoms with van der Waals surface area (Å²) in [5, 5.41) is 6.01. The van der Waals surface area contributed by atoms with Crippen molar-refractivity contribution in [3.63, 3.8) is 0 Å². The van der Waals surface area contributed by atoms with Gasteiger partial charge in [0.1, 0.15) is 0 Å². The Hall–Kier alpha value is -1.62. The van der Waals surface area contributed by atoms with Crippen molar-refractivity contribution in [3.05, 3.63) is 30.1 Å². The molecule has 5 nitrogen and oxygen atoms in total. The molecule has 2 fully saturated rings. The van der Waals surface area contributed by atoms with Crippen LogP contribution in [0.1, 0.15) is 50.6 Å². The summed E-state index contributed by atoms with van der Waals surface area (Å²) < 4.78 is 0. The molecule has 1 saturated carbocycles. The van der Waals surface area contributed by atoms with Crippen LogP contribution in [-0.4, -0.2) is 41.6 Å². The minimum atomic E-state index is -0.0774. The van der Waals surface area contributed by atoms with Gasteiger partial charge in [-0.1, -0.05) is 25.3 Å². The predicted octanol–water partition coefficient (Wildman–Crippen LogP) is 2.93. The van der Waals surface area contributed by atoms with E-state index in [0.717, 1.165) is 37.5 Å². The Bertz CT molecular complexity index is 493. The van der Waals surface area contributed by atoms with E-state index in [9.17, 15) is 4.79 Å². The van der Waals surface area contributed by atoms with Gasteiger partial charge in [-0.05, 0) is 43.7 Å². The highest BCUT2D eigenvalue weighted by Crippen LogP contribution is 2.25. The van der Waals surface area contributed by atoms with E-state index in [1.54, 1.807) is 6.20 Å². The summed E-state index contributed by atoms with van der Waals surface area (Å²) in [6.45, 7) is 3.97. The van der Waals surface area contributed by atoms with Gasteiger partial charge in [0.15, 0.2) is 0 Å². The summed E-state index contributed by atoms with van der Waals surface area (Å²) in [7, 11) is 0. The van der Waals surface area contributed by atoms with Gasteiger partial charge in [-0.2, -0.15) is 0 Å². The Morgan fingerprint density at radius 3 is 2.62 bits per heavy atom. The molecule has 2 amide bonds. The molecule has 0 atom stereocenters. The molecule has 2 heterocycles. The number of aromatic nitrogens is 1. The molecule has 3 rings (SSSR count). The second-order valence-electron chi connectivity index (χ2n) is 7.23. The van der Waals surface area contributed by atoms with Gasteiger partial charge in [-0.25, -0.2) is 4.79 Å². The van der Waals surface area contributed by atoms with E-state index < -0.39 is 0 Å². The van der Waals surface area contributed by atoms with Crippen LogP contribution >= 0.6 is 0 Å². The average Bonchev–Trinajstić information content (AvgIpc) is 2.63. The lowest BCUT2D eigenvalue weighted by Gasteiger charge is -2.35. The van der Waals surface area contributed by atoms with Gasteiger partial charge in [0.2, 0.25) is 0 Å². The molecule has 5 heteroatoms. The standard InChI is InChI=1S/C19H30N4O/c24-19(21-14-18-8-4-5-11-20-18)22-17-9-12-23(13-10-17)15-16-6-2-1-3-7-16/h4-5,8,11,16-17H,1-3,6-7,9-10,12-15H2,(H2,21,22,24). The molecule has 132 valence electrons. The quantitative estimate of drug-likeness (QED) is 0.873. The lowest BCUT2D eigenvalue weighted by Crippen LogP contribution is -2.48. The summed E-state index contributed by atoms with van der Waals surface area (Å²) in [5.41, 5.74) is 0.884. The van der Waals surface area contributed by atoms with Crippen molar-refractivity contribution in [2.75, 3.05) is 19.6 Å². The fourth-order valence-corrected chi connectivity index (χ4v) is 3.90. The number of nitrogens with one attached hydrogen (secondary N) is 2. The summed E-state index contributed by atoms with van der Waals surface area (Å²) >= 11 is 0. The fourth-order valence-electron chi connectivity index (χ4n) is 3.90. The highest BCUT2D eigenvalue weighted by Gasteiger charge is 2.23. The van der Waals surface area contributed by atoms with Crippen molar-refractivity contribution in [3.8, 4) is 0 Å². The summed E-state index contributed by atoms with van der Waals surface area (Å²) in [6, 6.07) is 5.96. The number of hydrogen-bond donors (Lipinski definition) is 2. The third-order valence-electron chi connectivity index (χ3n) is 5.32. The molecule has 0 aromatic carbocycles. The number of rotatable bonds is 5. The summed E-state index contributed by atoms with van der Waals surface area (Å²) in [6.07, 6.45) is 10.9. The Morgan fingerprint density at radius 2 is 1.92 bits per heavy atom. The third-order valence-corrected chi connectivity index (χ3v) is 5.32. The van der Waals surface area contributed by atoms with Crippen LogP contribution < -0.4 is 10.6 Å². The lowest BCUT2D eigenvalue weighted by molar-refractivity contribution is 0.155. The fraction of sp³-hybridized carbons (Fsp3) is 0.684. The zero-order valence-corrected chi connectivity index (χ0v) is 14.5. The second kappa shape index (κ2) is 9.02. The number of urea groups is 1. The van der Waals surface area contributed by atoms with E-state index in [4.69, 9.17) is 0 Å². The Labute approximate surface area is 145 Å². The monoisotopic (exact) mass is 330 g/mol. The first-order valence-corrected chi connectivity index (χ1v) is 9.46. The van der Waals surface area contributed by atoms with Gasteiger partial charge < -0.3 is 15.5 Å². The maximum atomic E-state index is 12.0. The maximum Gasteiger partial charge on any atom is 0.315 e. The largest absolute Gasteiger partial charge is 0.335 e. The van der Waals surface area contributed by atoms with Crippen LogP contribution in [0, 0.1) is 5.92 Å². The van der Waals surface area contributed by atoms with Crippen LogP contribution in [0.5, 0.6) is 0 Å². The zero-order valence-electron chi connectivity index (χ0n) is 14.5. The number of likely N-dealkylation sites (tertiary alicyclic amines) is 1. The number of carbonyl (C=O) groups is 1. The highest BCUT2D eigenvalue weighted by molar-refractivity contribution is 5.74. The van der Waals surface area contributed by atoms with Gasteiger partial charge in [-0.3, -0.25) is 4.98 Å².